The summed E-state index contributed by atoms with van der Waals surface area (Å²) in [7, 11) is -0.683. The SMILES string of the molecule is CCc1cc(Br)ccc1S(=O)(=O)Nc1cc(OC)cc(OC)c1. The highest BCUT2D eigenvalue weighted by Crippen LogP contribution is 2.29. The molecule has 0 saturated carbocycles. The van der Waals surface area contributed by atoms with Crippen LogP contribution in [0, 0.1) is 0 Å². The predicted octanol–water partition coefficient (Wildman–Crippen LogP) is 3.83. The molecule has 0 amide bonds. The van der Waals surface area contributed by atoms with Crippen LogP contribution in [0.4, 0.5) is 5.69 Å². The molecule has 2 aromatic carbocycles. The van der Waals surface area contributed by atoms with Crippen LogP contribution in [-0.2, 0) is 16.4 Å². The molecule has 0 heterocycles. The van der Waals surface area contributed by atoms with Gasteiger partial charge in [-0.2, -0.15) is 0 Å². The summed E-state index contributed by atoms with van der Waals surface area (Å²) < 4.78 is 39.1. The zero-order valence-corrected chi connectivity index (χ0v) is 15.5. The third kappa shape index (κ3) is 4.17. The van der Waals surface area contributed by atoms with Crippen molar-refractivity contribution >= 4 is 31.6 Å². The quantitative estimate of drug-likeness (QED) is 0.801. The summed E-state index contributed by atoms with van der Waals surface area (Å²) in [5, 5.41) is 0. The van der Waals surface area contributed by atoms with E-state index in [9.17, 15) is 8.42 Å². The van der Waals surface area contributed by atoms with Crippen molar-refractivity contribution in [3.8, 4) is 11.5 Å². The number of benzene rings is 2. The van der Waals surface area contributed by atoms with E-state index in [2.05, 4.69) is 20.7 Å². The molecule has 0 aliphatic heterocycles. The van der Waals surface area contributed by atoms with Crippen molar-refractivity contribution in [2.75, 3.05) is 18.9 Å². The third-order valence-corrected chi connectivity index (χ3v) is 5.27. The Bertz CT molecular complexity index is 783. The van der Waals surface area contributed by atoms with Gasteiger partial charge in [-0.15, -0.1) is 0 Å². The number of methoxy groups -OCH3 is 2. The van der Waals surface area contributed by atoms with Gasteiger partial charge < -0.3 is 9.47 Å². The molecular formula is C16H18BrNO4S. The van der Waals surface area contributed by atoms with Crippen LogP contribution in [0.1, 0.15) is 12.5 Å². The lowest BCUT2D eigenvalue weighted by Gasteiger charge is -2.13. The van der Waals surface area contributed by atoms with Gasteiger partial charge in [0.15, 0.2) is 0 Å². The molecule has 5 nitrogen and oxygen atoms in total. The fourth-order valence-electron chi connectivity index (χ4n) is 2.16. The molecular weight excluding hydrogens is 382 g/mol. The lowest BCUT2D eigenvalue weighted by atomic mass is 10.2. The summed E-state index contributed by atoms with van der Waals surface area (Å²) in [6.45, 7) is 1.91. The smallest absolute Gasteiger partial charge is 0.262 e. The Morgan fingerprint density at radius 3 is 2.17 bits per heavy atom. The van der Waals surface area contributed by atoms with Crippen LogP contribution < -0.4 is 14.2 Å². The molecule has 2 rings (SSSR count). The van der Waals surface area contributed by atoms with E-state index < -0.39 is 10.0 Å². The molecule has 2 aromatic rings. The largest absolute Gasteiger partial charge is 0.497 e. The highest BCUT2D eigenvalue weighted by molar-refractivity contribution is 9.10. The van der Waals surface area contributed by atoms with Crippen LogP contribution in [0.3, 0.4) is 0 Å². The number of nitrogens with one attached hydrogen (secondary N) is 1. The Hall–Kier alpha value is -1.73. The Labute approximate surface area is 144 Å². The van der Waals surface area contributed by atoms with E-state index in [-0.39, 0.29) is 4.90 Å². The van der Waals surface area contributed by atoms with E-state index in [0.717, 1.165) is 10.0 Å². The van der Waals surface area contributed by atoms with Gasteiger partial charge in [0.05, 0.1) is 24.8 Å². The van der Waals surface area contributed by atoms with Crippen LogP contribution in [0.15, 0.2) is 45.8 Å². The molecule has 0 bridgehead atoms. The first-order chi connectivity index (χ1) is 10.9. The van der Waals surface area contributed by atoms with Gasteiger partial charge in [-0.3, -0.25) is 4.72 Å². The van der Waals surface area contributed by atoms with E-state index in [1.807, 2.05) is 6.92 Å². The predicted molar refractivity (Wildman–Crippen MR) is 93.9 cm³/mol. The van der Waals surface area contributed by atoms with Gasteiger partial charge in [0.1, 0.15) is 11.5 Å². The molecule has 0 atom stereocenters. The summed E-state index contributed by atoms with van der Waals surface area (Å²) in [4.78, 5) is 0.255. The van der Waals surface area contributed by atoms with Gasteiger partial charge in [0.25, 0.3) is 10.0 Å². The zero-order chi connectivity index (χ0) is 17.0. The Morgan fingerprint density at radius 1 is 1.04 bits per heavy atom. The zero-order valence-electron chi connectivity index (χ0n) is 13.1. The monoisotopic (exact) mass is 399 g/mol. The second-order valence-corrected chi connectivity index (χ2v) is 7.38. The molecule has 23 heavy (non-hydrogen) atoms. The average Bonchev–Trinajstić information content (AvgIpc) is 2.53. The maximum atomic E-state index is 12.7. The highest BCUT2D eigenvalue weighted by atomic mass is 79.9. The van der Waals surface area contributed by atoms with Crippen molar-refractivity contribution in [1.82, 2.24) is 0 Å². The van der Waals surface area contributed by atoms with E-state index in [1.165, 1.54) is 14.2 Å². The van der Waals surface area contributed by atoms with Crippen LogP contribution in [0.25, 0.3) is 0 Å². The molecule has 0 spiro atoms. The molecule has 7 heteroatoms. The molecule has 0 aromatic heterocycles. The maximum Gasteiger partial charge on any atom is 0.262 e. The minimum atomic E-state index is -3.70. The molecule has 0 radical (unpaired) electrons. The van der Waals surface area contributed by atoms with Crippen molar-refractivity contribution < 1.29 is 17.9 Å². The maximum absolute atomic E-state index is 12.7. The Balaban J connectivity index is 2.42. The van der Waals surface area contributed by atoms with Crippen molar-refractivity contribution in [1.29, 1.82) is 0 Å². The van der Waals surface area contributed by atoms with Crippen molar-refractivity contribution in [3.63, 3.8) is 0 Å². The first-order valence-corrected chi connectivity index (χ1v) is 9.21. The van der Waals surface area contributed by atoms with Gasteiger partial charge >= 0.3 is 0 Å². The third-order valence-electron chi connectivity index (χ3n) is 3.30. The number of hydrogen-bond acceptors (Lipinski definition) is 4. The van der Waals surface area contributed by atoms with E-state index in [0.29, 0.717) is 23.6 Å². The van der Waals surface area contributed by atoms with Gasteiger partial charge in [0, 0.05) is 22.7 Å². The number of sulfonamides is 1. The molecule has 0 fully saturated rings. The summed E-state index contributed by atoms with van der Waals surface area (Å²) >= 11 is 3.36. The highest BCUT2D eigenvalue weighted by Gasteiger charge is 2.19. The number of aryl methyl sites for hydroxylation is 1. The summed E-state index contributed by atoms with van der Waals surface area (Å²) in [6, 6.07) is 9.98. The molecule has 124 valence electrons. The van der Waals surface area contributed by atoms with Crippen LogP contribution in [0.5, 0.6) is 11.5 Å². The molecule has 0 saturated heterocycles. The van der Waals surface area contributed by atoms with Crippen LogP contribution >= 0.6 is 15.9 Å². The number of rotatable bonds is 6. The van der Waals surface area contributed by atoms with Crippen molar-refractivity contribution in [3.05, 3.63) is 46.4 Å². The summed E-state index contributed by atoms with van der Waals surface area (Å²) in [5.41, 5.74) is 1.12. The van der Waals surface area contributed by atoms with Gasteiger partial charge in [-0.05, 0) is 30.2 Å². The van der Waals surface area contributed by atoms with Crippen molar-refractivity contribution in [2.24, 2.45) is 0 Å². The minimum Gasteiger partial charge on any atom is -0.497 e. The Morgan fingerprint density at radius 2 is 1.65 bits per heavy atom. The van der Waals surface area contributed by atoms with E-state index >= 15 is 0 Å². The number of ether oxygens (including phenoxy) is 2. The van der Waals surface area contributed by atoms with Crippen LogP contribution in [0.2, 0.25) is 0 Å². The second kappa shape index (κ2) is 7.23. The first kappa shape index (κ1) is 17.6. The number of hydrogen-bond donors (Lipinski definition) is 1. The van der Waals surface area contributed by atoms with E-state index in [4.69, 9.17) is 9.47 Å². The molecule has 1 N–H and O–H groups in total. The van der Waals surface area contributed by atoms with E-state index in [1.54, 1.807) is 36.4 Å². The lowest BCUT2D eigenvalue weighted by molar-refractivity contribution is 0.395. The second-order valence-electron chi connectivity index (χ2n) is 4.81. The summed E-state index contributed by atoms with van der Waals surface area (Å²) in [6.07, 6.45) is 0.608. The lowest BCUT2D eigenvalue weighted by Crippen LogP contribution is -2.15. The number of halogens is 1. The van der Waals surface area contributed by atoms with Gasteiger partial charge in [0.2, 0.25) is 0 Å². The minimum absolute atomic E-state index is 0.255. The summed E-state index contributed by atoms with van der Waals surface area (Å²) in [5.74, 6) is 1.02. The standard InChI is InChI=1S/C16H18BrNO4S/c1-4-11-7-12(17)5-6-16(11)23(19,20)18-13-8-14(21-2)10-15(9-13)22-3/h5-10,18H,4H2,1-3H3. The van der Waals surface area contributed by atoms with Gasteiger partial charge in [-0.25, -0.2) is 8.42 Å². The van der Waals surface area contributed by atoms with Crippen molar-refractivity contribution in [2.45, 2.75) is 18.2 Å². The normalized spacial score (nSPS) is 11.1. The fourth-order valence-corrected chi connectivity index (χ4v) is 3.91. The average molecular weight is 400 g/mol. The topological polar surface area (TPSA) is 64.6 Å². The molecule has 0 aliphatic carbocycles. The van der Waals surface area contributed by atoms with Crippen LogP contribution in [-0.4, -0.2) is 22.6 Å². The molecule has 0 aliphatic rings. The first-order valence-electron chi connectivity index (χ1n) is 6.94. The Kier molecular flexibility index (Phi) is 5.54. The fraction of sp³-hybridized carbons (Fsp3) is 0.250. The van der Waals surface area contributed by atoms with Gasteiger partial charge in [-0.1, -0.05) is 22.9 Å². The number of anilines is 1. The molecule has 0 unspecified atom stereocenters.